The topological polar surface area (TPSA) is 55.4 Å². The highest BCUT2D eigenvalue weighted by Gasteiger charge is 2.20. The lowest BCUT2D eigenvalue weighted by Crippen LogP contribution is -2.23. The normalized spacial score (nSPS) is 14.6. The third-order valence-electron chi connectivity index (χ3n) is 2.79. The van der Waals surface area contributed by atoms with Crippen LogP contribution in [0.15, 0.2) is 35.9 Å². The fraction of sp³-hybridized carbons (Fsp3) is 0.286. The van der Waals surface area contributed by atoms with Gasteiger partial charge in [0.1, 0.15) is 0 Å². The van der Waals surface area contributed by atoms with E-state index in [4.69, 9.17) is 4.74 Å². The minimum Gasteiger partial charge on any atom is -0.372 e. The standard InChI is InChI=1S/C14H15NO3/c1-2-10-3-5-11(6-4-10)8-18-9-12-7-13(16)15-14(12)17/h3-7H,2,8-9H2,1H3,(H,15,16,17). The van der Waals surface area contributed by atoms with Crippen molar-refractivity contribution in [1.29, 1.82) is 0 Å². The number of hydrogen-bond acceptors (Lipinski definition) is 3. The number of aryl methyl sites for hydroxylation is 1. The van der Waals surface area contributed by atoms with Crippen LogP contribution in [0.2, 0.25) is 0 Å². The first-order chi connectivity index (χ1) is 8.69. The van der Waals surface area contributed by atoms with Gasteiger partial charge in [-0.05, 0) is 17.5 Å². The van der Waals surface area contributed by atoms with E-state index in [2.05, 4.69) is 24.4 Å². The minimum atomic E-state index is -0.370. The van der Waals surface area contributed by atoms with Gasteiger partial charge in [0, 0.05) is 11.6 Å². The molecule has 1 N–H and O–H groups in total. The highest BCUT2D eigenvalue weighted by atomic mass is 16.5. The van der Waals surface area contributed by atoms with Crippen molar-refractivity contribution in [1.82, 2.24) is 5.32 Å². The molecule has 1 aromatic rings. The van der Waals surface area contributed by atoms with Crippen LogP contribution in [0.1, 0.15) is 18.1 Å². The number of hydrogen-bond donors (Lipinski definition) is 1. The molecule has 0 aliphatic carbocycles. The quantitative estimate of drug-likeness (QED) is 0.797. The summed E-state index contributed by atoms with van der Waals surface area (Å²) >= 11 is 0. The van der Waals surface area contributed by atoms with Gasteiger partial charge < -0.3 is 4.74 Å². The summed E-state index contributed by atoms with van der Waals surface area (Å²) in [4.78, 5) is 22.1. The van der Waals surface area contributed by atoms with E-state index >= 15 is 0 Å². The molecule has 0 radical (unpaired) electrons. The molecule has 0 aromatic heterocycles. The van der Waals surface area contributed by atoms with Crippen molar-refractivity contribution in [3.63, 3.8) is 0 Å². The maximum Gasteiger partial charge on any atom is 0.256 e. The van der Waals surface area contributed by atoms with Crippen LogP contribution in [0.3, 0.4) is 0 Å². The number of carbonyl (C=O) groups is 2. The highest BCUT2D eigenvalue weighted by molar-refractivity contribution is 6.16. The molecular weight excluding hydrogens is 230 g/mol. The van der Waals surface area contributed by atoms with E-state index in [9.17, 15) is 9.59 Å². The molecule has 1 aliphatic rings. The second kappa shape index (κ2) is 5.60. The summed E-state index contributed by atoms with van der Waals surface area (Å²) in [6.45, 7) is 2.70. The molecule has 1 aliphatic heterocycles. The summed E-state index contributed by atoms with van der Waals surface area (Å²) in [6.07, 6.45) is 2.29. The molecule has 0 fully saturated rings. The molecule has 4 nitrogen and oxygen atoms in total. The van der Waals surface area contributed by atoms with E-state index in [-0.39, 0.29) is 18.4 Å². The van der Waals surface area contributed by atoms with Crippen LogP contribution in [-0.4, -0.2) is 18.4 Å². The molecule has 0 atom stereocenters. The molecule has 0 saturated heterocycles. The molecule has 0 saturated carbocycles. The molecule has 2 rings (SSSR count). The Morgan fingerprint density at radius 1 is 1.06 bits per heavy atom. The second-order valence-electron chi connectivity index (χ2n) is 4.15. The van der Waals surface area contributed by atoms with Crippen molar-refractivity contribution >= 4 is 11.8 Å². The Balaban J connectivity index is 1.83. The number of imide groups is 1. The molecule has 4 heteroatoms. The van der Waals surface area contributed by atoms with Gasteiger partial charge in [-0.25, -0.2) is 0 Å². The minimum absolute atomic E-state index is 0.160. The van der Waals surface area contributed by atoms with Gasteiger partial charge in [0.15, 0.2) is 0 Å². The highest BCUT2D eigenvalue weighted by Crippen LogP contribution is 2.08. The van der Waals surface area contributed by atoms with Gasteiger partial charge in [0.05, 0.1) is 13.2 Å². The first-order valence-electron chi connectivity index (χ1n) is 5.90. The number of rotatable bonds is 5. The van der Waals surface area contributed by atoms with E-state index in [1.165, 1.54) is 11.6 Å². The van der Waals surface area contributed by atoms with E-state index in [0.29, 0.717) is 12.2 Å². The number of amides is 2. The van der Waals surface area contributed by atoms with Gasteiger partial charge in [-0.1, -0.05) is 31.2 Å². The van der Waals surface area contributed by atoms with Crippen LogP contribution in [0.25, 0.3) is 0 Å². The predicted molar refractivity (Wildman–Crippen MR) is 66.7 cm³/mol. The lowest BCUT2D eigenvalue weighted by Gasteiger charge is -2.05. The zero-order valence-electron chi connectivity index (χ0n) is 10.2. The van der Waals surface area contributed by atoms with E-state index in [1.54, 1.807) is 0 Å². The van der Waals surface area contributed by atoms with E-state index in [1.807, 2.05) is 12.1 Å². The average Bonchev–Trinajstić information content (AvgIpc) is 2.69. The number of nitrogens with one attached hydrogen (secondary N) is 1. The third-order valence-corrected chi connectivity index (χ3v) is 2.79. The van der Waals surface area contributed by atoms with Crippen molar-refractivity contribution < 1.29 is 14.3 Å². The molecule has 0 spiro atoms. The monoisotopic (exact) mass is 245 g/mol. The smallest absolute Gasteiger partial charge is 0.256 e. The lowest BCUT2D eigenvalue weighted by molar-refractivity contribution is -0.124. The van der Waals surface area contributed by atoms with Crippen molar-refractivity contribution in [3.05, 3.63) is 47.0 Å². The summed E-state index contributed by atoms with van der Waals surface area (Å²) < 4.78 is 5.41. The van der Waals surface area contributed by atoms with Crippen molar-refractivity contribution in [3.8, 4) is 0 Å². The molecule has 2 amide bonds. The summed E-state index contributed by atoms with van der Waals surface area (Å²) in [6, 6.07) is 8.13. The summed E-state index contributed by atoms with van der Waals surface area (Å²) in [5.41, 5.74) is 2.71. The van der Waals surface area contributed by atoms with Crippen LogP contribution in [0.5, 0.6) is 0 Å². The van der Waals surface area contributed by atoms with Gasteiger partial charge in [-0.2, -0.15) is 0 Å². The van der Waals surface area contributed by atoms with E-state index < -0.39 is 0 Å². The fourth-order valence-electron chi connectivity index (χ4n) is 1.71. The van der Waals surface area contributed by atoms with Gasteiger partial charge in [0.2, 0.25) is 0 Å². The molecule has 1 heterocycles. The third kappa shape index (κ3) is 3.05. The van der Waals surface area contributed by atoms with Crippen LogP contribution in [0.4, 0.5) is 0 Å². The molecule has 0 unspecified atom stereocenters. The fourth-order valence-corrected chi connectivity index (χ4v) is 1.71. The largest absolute Gasteiger partial charge is 0.372 e. The van der Waals surface area contributed by atoms with Crippen molar-refractivity contribution in [2.45, 2.75) is 20.0 Å². The summed E-state index contributed by atoms with van der Waals surface area (Å²) in [7, 11) is 0. The Bertz CT molecular complexity index is 488. The Kier molecular flexibility index (Phi) is 3.89. The van der Waals surface area contributed by atoms with Gasteiger partial charge in [0.25, 0.3) is 11.8 Å². The van der Waals surface area contributed by atoms with Crippen molar-refractivity contribution in [2.75, 3.05) is 6.61 Å². The number of carbonyl (C=O) groups excluding carboxylic acids is 2. The average molecular weight is 245 g/mol. The van der Waals surface area contributed by atoms with Crippen LogP contribution in [0, 0.1) is 0 Å². The molecule has 94 valence electrons. The zero-order valence-corrected chi connectivity index (χ0v) is 10.2. The Morgan fingerprint density at radius 2 is 1.72 bits per heavy atom. The van der Waals surface area contributed by atoms with Crippen LogP contribution < -0.4 is 5.32 Å². The van der Waals surface area contributed by atoms with Crippen LogP contribution in [-0.2, 0) is 27.4 Å². The van der Waals surface area contributed by atoms with Gasteiger partial charge in [-0.15, -0.1) is 0 Å². The Hall–Kier alpha value is -1.94. The zero-order chi connectivity index (χ0) is 13.0. The van der Waals surface area contributed by atoms with Crippen LogP contribution >= 0.6 is 0 Å². The molecule has 0 bridgehead atoms. The Labute approximate surface area is 106 Å². The predicted octanol–water partition coefficient (Wildman–Crippen LogP) is 1.35. The molecule has 1 aromatic carbocycles. The molecule has 18 heavy (non-hydrogen) atoms. The van der Waals surface area contributed by atoms with Gasteiger partial charge >= 0.3 is 0 Å². The summed E-state index contributed by atoms with van der Waals surface area (Å²) in [5, 5.41) is 2.18. The molecular formula is C14H15NO3. The first-order valence-corrected chi connectivity index (χ1v) is 5.90. The Morgan fingerprint density at radius 3 is 2.28 bits per heavy atom. The van der Waals surface area contributed by atoms with Crippen molar-refractivity contribution in [2.24, 2.45) is 0 Å². The lowest BCUT2D eigenvalue weighted by atomic mass is 10.1. The maximum atomic E-state index is 11.2. The van der Waals surface area contributed by atoms with Gasteiger partial charge in [-0.3, -0.25) is 14.9 Å². The first kappa shape index (κ1) is 12.5. The number of benzene rings is 1. The maximum absolute atomic E-state index is 11.2. The SMILES string of the molecule is CCc1ccc(COCC2=CC(=O)NC2=O)cc1. The number of ether oxygens (including phenoxy) is 1. The second-order valence-corrected chi connectivity index (χ2v) is 4.15. The summed E-state index contributed by atoms with van der Waals surface area (Å²) in [5.74, 6) is -0.729. The van der Waals surface area contributed by atoms with E-state index in [0.717, 1.165) is 12.0 Å².